The summed E-state index contributed by atoms with van der Waals surface area (Å²) in [5.41, 5.74) is 10.4. The van der Waals surface area contributed by atoms with Gasteiger partial charge in [-0.25, -0.2) is 0 Å². The third kappa shape index (κ3) is 4.21. The smallest absolute Gasteiger partial charge is 0.0702 e. The fraction of sp³-hybridized carbons (Fsp3) is 0.0667. The van der Waals surface area contributed by atoms with Gasteiger partial charge in [-0.1, -0.05) is 67.6 Å². The van der Waals surface area contributed by atoms with E-state index >= 15 is 0 Å². The van der Waals surface area contributed by atoms with E-state index in [1.54, 1.807) is 0 Å². The van der Waals surface area contributed by atoms with Gasteiger partial charge in [-0.15, -0.1) is 0 Å². The minimum absolute atomic E-state index is 0.987. The van der Waals surface area contributed by atoms with Crippen molar-refractivity contribution in [1.29, 1.82) is 0 Å². The largest absolute Gasteiger partial charge is 0.256 e. The molecule has 0 spiro atoms. The van der Waals surface area contributed by atoms with Gasteiger partial charge in [0.1, 0.15) is 0 Å². The highest BCUT2D eigenvalue weighted by Gasteiger charge is 2.08. The maximum Gasteiger partial charge on any atom is 0.0702 e. The van der Waals surface area contributed by atoms with Crippen molar-refractivity contribution in [2.45, 2.75) is 13.3 Å². The van der Waals surface area contributed by atoms with Crippen LogP contribution in [0.5, 0.6) is 0 Å². The van der Waals surface area contributed by atoms with Crippen LogP contribution in [-0.2, 0) is 6.42 Å². The van der Waals surface area contributed by atoms with Gasteiger partial charge in [0.05, 0.1) is 11.4 Å². The van der Waals surface area contributed by atoms with Crippen molar-refractivity contribution in [2.75, 3.05) is 0 Å². The summed E-state index contributed by atoms with van der Waals surface area (Å²) in [5.74, 6) is 0. The Morgan fingerprint density at radius 1 is 0.469 bits per heavy atom. The van der Waals surface area contributed by atoms with E-state index in [2.05, 4.69) is 95.8 Å². The summed E-state index contributed by atoms with van der Waals surface area (Å²) in [7, 11) is 0. The van der Waals surface area contributed by atoms with Crippen LogP contribution in [0.25, 0.3) is 44.8 Å². The Hall–Kier alpha value is -4.04. The van der Waals surface area contributed by atoms with Crippen molar-refractivity contribution in [3.05, 3.63) is 121 Å². The molecule has 0 fully saturated rings. The van der Waals surface area contributed by atoms with Gasteiger partial charge in [-0.3, -0.25) is 9.97 Å². The number of hydrogen-bond acceptors (Lipinski definition) is 2. The van der Waals surface area contributed by atoms with Crippen LogP contribution in [0.15, 0.2) is 116 Å². The third-order valence-corrected chi connectivity index (χ3v) is 5.71. The zero-order valence-corrected chi connectivity index (χ0v) is 18.1. The molecule has 2 nitrogen and oxygen atoms in total. The van der Waals surface area contributed by atoms with Crippen LogP contribution in [0.2, 0.25) is 0 Å². The van der Waals surface area contributed by atoms with Gasteiger partial charge in [0.15, 0.2) is 0 Å². The molecule has 0 N–H and O–H groups in total. The fourth-order valence-corrected chi connectivity index (χ4v) is 4.01. The molecule has 5 aromatic rings. The average Bonchev–Trinajstić information content (AvgIpc) is 2.89. The van der Waals surface area contributed by atoms with Gasteiger partial charge in [0.25, 0.3) is 0 Å². The van der Waals surface area contributed by atoms with Gasteiger partial charge >= 0.3 is 0 Å². The first kappa shape index (κ1) is 19.9. The zero-order chi connectivity index (χ0) is 21.8. The van der Waals surface area contributed by atoms with E-state index in [-0.39, 0.29) is 0 Å². The summed E-state index contributed by atoms with van der Waals surface area (Å²) in [6, 6.07) is 36.2. The van der Waals surface area contributed by atoms with Crippen LogP contribution < -0.4 is 0 Å². The van der Waals surface area contributed by atoms with Gasteiger partial charge in [-0.2, -0.15) is 0 Å². The molecule has 0 atom stereocenters. The maximum atomic E-state index is 4.52. The fourth-order valence-electron chi connectivity index (χ4n) is 4.01. The number of benzene rings is 3. The summed E-state index contributed by atoms with van der Waals surface area (Å²) in [4.78, 5) is 9.03. The van der Waals surface area contributed by atoms with Gasteiger partial charge in [0.2, 0.25) is 0 Å². The summed E-state index contributed by atoms with van der Waals surface area (Å²) in [6.07, 6.45) is 4.67. The highest BCUT2D eigenvalue weighted by atomic mass is 14.7. The molecule has 0 amide bonds. The minimum Gasteiger partial charge on any atom is -0.256 e. The minimum atomic E-state index is 0.987. The van der Waals surface area contributed by atoms with Crippen molar-refractivity contribution in [3.8, 4) is 44.8 Å². The van der Waals surface area contributed by atoms with E-state index in [9.17, 15) is 0 Å². The summed E-state index contributed by atoms with van der Waals surface area (Å²) in [5, 5.41) is 0. The van der Waals surface area contributed by atoms with Crippen LogP contribution in [0.3, 0.4) is 0 Å². The molecule has 154 valence electrons. The standard InChI is InChI=1S/C30H24N2/c1-2-22-17-27(23-9-7-11-25(19-23)29-13-3-5-15-31-29)21-28(18-22)24-10-8-12-26(20-24)30-14-4-6-16-32-30/h3-21H,2H2,1H3. The first-order valence-corrected chi connectivity index (χ1v) is 11.0. The topological polar surface area (TPSA) is 25.8 Å². The normalized spacial score (nSPS) is 10.8. The highest BCUT2D eigenvalue weighted by molar-refractivity contribution is 5.78. The van der Waals surface area contributed by atoms with E-state index < -0.39 is 0 Å². The van der Waals surface area contributed by atoms with Crippen LogP contribution in [0, 0.1) is 0 Å². The van der Waals surface area contributed by atoms with Crippen molar-refractivity contribution in [1.82, 2.24) is 9.97 Å². The Labute approximate surface area is 189 Å². The number of aromatic nitrogens is 2. The predicted molar refractivity (Wildman–Crippen MR) is 133 cm³/mol. The van der Waals surface area contributed by atoms with Crippen LogP contribution in [0.1, 0.15) is 12.5 Å². The Balaban J connectivity index is 1.58. The molecular formula is C30H24N2. The molecule has 0 aliphatic heterocycles. The molecule has 0 bridgehead atoms. The Bertz CT molecular complexity index is 1240. The second-order valence-electron chi connectivity index (χ2n) is 7.86. The third-order valence-electron chi connectivity index (χ3n) is 5.71. The lowest BCUT2D eigenvalue weighted by Gasteiger charge is -2.12. The Morgan fingerprint density at radius 3 is 1.38 bits per heavy atom. The zero-order valence-electron chi connectivity index (χ0n) is 18.1. The van der Waals surface area contributed by atoms with Crippen molar-refractivity contribution >= 4 is 0 Å². The quantitative estimate of drug-likeness (QED) is 0.295. The van der Waals surface area contributed by atoms with Gasteiger partial charge < -0.3 is 0 Å². The molecule has 5 rings (SSSR count). The molecule has 2 aromatic heterocycles. The number of nitrogens with zero attached hydrogens (tertiary/aromatic N) is 2. The first-order chi connectivity index (χ1) is 15.8. The van der Waals surface area contributed by atoms with E-state index in [0.717, 1.165) is 28.9 Å². The molecule has 0 saturated heterocycles. The predicted octanol–water partition coefficient (Wildman–Crippen LogP) is 7.71. The number of rotatable bonds is 5. The van der Waals surface area contributed by atoms with E-state index in [1.165, 1.54) is 27.8 Å². The van der Waals surface area contributed by atoms with Gasteiger partial charge in [-0.05, 0) is 76.7 Å². The SMILES string of the molecule is CCc1cc(-c2cccc(-c3ccccn3)c2)cc(-c2cccc(-c3ccccn3)c2)c1. The lowest BCUT2D eigenvalue weighted by molar-refractivity contribution is 1.14. The molecule has 3 aromatic carbocycles. The second-order valence-corrected chi connectivity index (χ2v) is 7.86. The molecule has 0 aliphatic rings. The van der Waals surface area contributed by atoms with Crippen molar-refractivity contribution in [3.63, 3.8) is 0 Å². The molecular weight excluding hydrogens is 388 g/mol. The molecule has 0 aliphatic carbocycles. The number of aryl methyl sites for hydroxylation is 1. The Kier molecular flexibility index (Phi) is 5.59. The van der Waals surface area contributed by atoms with Crippen LogP contribution in [0.4, 0.5) is 0 Å². The summed E-state index contributed by atoms with van der Waals surface area (Å²) < 4.78 is 0. The number of hydrogen-bond donors (Lipinski definition) is 0. The molecule has 0 unspecified atom stereocenters. The van der Waals surface area contributed by atoms with E-state index in [1.807, 2.05) is 36.7 Å². The lowest BCUT2D eigenvalue weighted by atomic mass is 9.93. The molecule has 0 radical (unpaired) electrons. The highest BCUT2D eigenvalue weighted by Crippen LogP contribution is 2.32. The van der Waals surface area contributed by atoms with Crippen molar-refractivity contribution < 1.29 is 0 Å². The second kappa shape index (κ2) is 8.99. The number of pyridine rings is 2. The van der Waals surface area contributed by atoms with Crippen LogP contribution >= 0.6 is 0 Å². The summed E-state index contributed by atoms with van der Waals surface area (Å²) >= 11 is 0. The molecule has 32 heavy (non-hydrogen) atoms. The molecule has 2 heteroatoms. The maximum absolute atomic E-state index is 4.52. The van der Waals surface area contributed by atoms with Crippen molar-refractivity contribution in [2.24, 2.45) is 0 Å². The van der Waals surface area contributed by atoms with E-state index in [0.29, 0.717) is 0 Å². The monoisotopic (exact) mass is 412 g/mol. The lowest BCUT2D eigenvalue weighted by Crippen LogP contribution is -1.89. The van der Waals surface area contributed by atoms with Crippen LogP contribution in [-0.4, -0.2) is 9.97 Å². The molecule has 2 heterocycles. The summed E-state index contributed by atoms with van der Waals surface area (Å²) in [6.45, 7) is 2.21. The molecule has 0 saturated carbocycles. The Morgan fingerprint density at radius 2 is 0.938 bits per heavy atom. The average molecular weight is 413 g/mol. The first-order valence-electron chi connectivity index (χ1n) is 11.0. The van der Waals surface area contributed by atoms with E-state index in [4.69, 9.17) is 0 Å². The van der Waals surface area contributed by atoms with Gasteiger partial charge in [0, 0.05) is 23.5 Å².